The Labute approximate surface area is 207 Å². The topological polar surface area (TPSA) is 41.4 Å². The maximum Gasteiger partial charge on any atom is 0.274 e. The molecular formula is C28H33ClN4O. The van der Waals surface area contributed by atoms with Crippen molar-refractivity contribution in [3.8, 4) is 11.3 Å². The van der Waals surface area contributed by atoms with Crippen molar-refractivity contribution in [1.29, 1.82) is 0 Å². The van der Waals surface area contributed by atoms with Crippen LogP contribution in [0.1, 0.15) is 47.4 Å². The number of likely N-dealkylation sites (N-methyl/N-ethyl adjacent to an activating group) is 1. The molecule has 1 aliphatic heterocycles. The Balaban J connectivity index is 1.55. The number of benzene rings is 2. The fourth-order valence-corrected chi connectivity index (χ4v) is 5.03. The lowest BCUT2D eigenvalue weighted by Crippen LogP contribution is -2.38. The Hall–Kier alpha value is -2.89. The number of likely N-dealkylation sites (tertiary alicyclic amines) is 1. The zero-order valence-electron chi connectivity index (χ0n) is 20.5. The van der Waals surface area contributed by atoms with Crippen molar-refractivity contribution in [3.63, 3.8) is 0 Å². The first-order valence-corrected chi connectivity index (χ1v) is 12.4. The van der Waals surface area contributed by atoms with Crippen LogP contribution < -0.4 is 0 Å². The quantitative estimate of drug-likeness (QED) is 0.406. The molecule has 5 nitrogen and oxygen atoms in total. The van der Waals surface area contributed by atoms with Crippen molar-refractivity contribution in [2.24, 2.45) is 7.05 Å². The molecule has 1 saturated heterocycles. The Morgan fingerprint density at radius 3 is 2.53 bits per heavy atom. The predicted molar refractivity (Wildman–Crippen MR) is 141 cm³/mol. The van der Waals surface area contributed by atoms with Gasteiger partial charge in [0.15, 0.2) is 5.69 Å². The molecule has 0 N–H and O–H groups in total. The molecule has 0 aliphatic carbocycles. The second-order valence-electron chi connectivity index (χ2n) is 8.87. The highest BCUT2D eigenvalue weighted by atomic mass is 35.5. The van der Waals surface area contributed by atoms with Gasteiger partial charge >= 0.3 is 0 Å². The monoisotopic (exact) mass is 476 g/mol. The minimum absolute atomic E-state index is 0.0350. The van der Waals surface area contributed by atoms with Gasteiger partial charge < -0.3 is 4.90 Å². The summed E-state index contributed by atoms with van der Waals surface area (Å²) < 4.78 is 1.84. The van der Waals surface area contributed by atoms with E-state index < -0.39 is 0 Å². The second-order valence-corrected chi connectivity index (χ2v) is 9.31. The molecule has 178 valence electrons. The summed E-state index contributed by atoms with van der Waals surface area (Å²) in [5.74, 6) is 0.0350. The summed E-state index contributed by atoms with van der Waals surface area (Å²) in [5, 5.41) is 5.38. The van der Waals surface area contributed by atoms with Gasteiger partial charge in [0.25, 0.3) is 5.91 Å². The molecule has 4 rings (SSSR count). The summed E-state index contributed by atoms with van der Waals surface area (Å²) in [6.45, 7) is 9.96. The summed E-state index contributed by atoms with van der Waals surface area (Å²) in [5.41, 5.74) is 5.69. The highest BCUT2D eigenvalue weighted by Gasteiger charge is 2.32. The minimum atomic E-state index is 0.0350. The minimum Gasteiger partial charge on any atom is -0.336 e. The molecule has 1 unspecified atom stereocenters. The third kappa shape index (κ3) is 5.11. The van der Waals surface area contributed by atoms with Crippen molar-refractivity contribution >= 4 is 29.7 Å². The summed E-state index contributed by atoms with van der Waals surface area (Å²) in [6.07, 6.45) is 5.18. The van der Waals surface area contributed by atoms with E-state index in [1.165, 1.54) is 0 Å². The summed E-state index contributed by atoms with van der Waals surface area (Å²) >= 11 is 5.99. The third-order valence-corrected chi connectivity index (χ3v) is 7.02. The van der Waals surface area contributed by atoms with Crippen LogP contribution in [0.2, 0.25) is 5.02 Å². The van der Waals surface area contributed by atoms with E-state index in [4.69, 9.17) is 11.6 Å². The molecule has 6 heteroatoms. The normalized spacial score (nSPS) is 16.2. The summed E-state index contributed by atoms with van der Waals surface area (Å²) in [6, 6.07) is 16.5. The first-order valence-electron chi connectivity index (χ1n) is 12.0. The van der Waals surface area contributed by atoms with Crippen LogP contribution in [0.4, 0.5) is 0 Å². The average Bonchev–Trinajstić information content (AvgIpc) is 3.44. The lowest BCUT2D eigenvalue weighted by Gasteiger charge is -2.26. The zero-order chi connectivity index (χ0) is 24.2. The molecule has 0 spiro atoms. The molecule has 2 aromatic carbocycles. The molecule has 1 atom stereocenters. The molecule has 1 amide bonds. The van der Waals surface area contributed by atoms with Gasteiger partial charge in [0, 0.05) is 42.3 Å². The van der Waals surface area contributed by atoms with Crippen LogP contribution in [0.3, 0.4) is 0 Å². The fourth-order valence-electron chi connectivity index (χ4n) is 4.91. The van der Waals surface area contributed by atoms with Gasteiger partial charge in [0.2, 0.25) is 0 Å². The van der Waals surface area contributed by atoms with Gasteiger partial charge in [-0.1, -0.05) is 67.9 Å². The van der Waals surface area contributed by atoms with Crippen LogP contribution in [-0.4, -0.2) is 57.7 Å². The van der Waals surface area contributed by atoms with E-state index >= 15 is 0 Å². The molecule has 2 heterocycles. The van der Waals surface area contributed by atoms with Gasteiger partial charge in [-0.25, -0.2) is 0 Å². The van der Waals surface area contributed by atoms with Crippen molar-refractivity contribution in [1.82, 2.24) is 19.6 Å². The van der Waals surface area contributed by atoms with Crippen LogP contribution in [0.25, 0.3) is 23.4 Å². The Bertz CT molecular complexity index is 1180. The second kappa shape index (κ2) is 10.6. The van der Waals surface area contributed by atoms with E-state index in [-0.39, 0.29) is 5.91 Å². The molecular weight excluding hydrogens is 444 g/mol. The van der Waals surface area contributed by atoms with Crippen molar-refractivity contribution in [2.45, 2.75) is 33.2 Å². The summed E-state index contributed by atoms with van der Waals surface area (Å²) in [4.78, 5) is 17.8. The Kier molecular flexibility index (Phi) is 7.54. The zero-order valence-corrected chi connectivity index (χ0v) is 21.2. The molecule has 3 aromatic rings. The SMILES string of the molecule is CCN(CC)C1CCN(C(=O)c2nn(C)c(-c3cccc(C=Cc4ccc(Cl)cc4)c3)c2C)C1. The number of hydrogen-bond donors (Lipinski definition) is 0. The maximum absolute atomic E-state index is 13.4. The number of hydrogen-bond acceptors (Lipinski definition) is 3. The standard InChI is InChI=1S/C28H33ClN4O/c1-5-32(6-2)25-16-17-33(19-25)28(34)26-20(3)27(31(4)30-26)23-9-7-8-22(18-23)11-10-21-12-14-24(29)15-13-21/h7-15,18,25H,5-6,16-17,19H2,1-4H3. The highest BCUT2D eigenvalue weighted by Crippen LogP contribution is 2.28. The number of carbonyl (C=O) groups is 1. The smallest absolute Gasteiger partial charge is 0.274 e. The lowest BCUT2D eigenvalue weighted by molar-refractivity contribution is 0.0770. The molecule has 1 fully saturated rings. The molecule has 34 heavy (non-hydrogen) atoms. The Morgan fingerprint density at radius 1 is 1.12 bits per heavy atom. The largest absolute Gasteiger partial charge is 0.336 e. The fraction of sp³-hybridized carbons (Fsp3) is 0.357. The predicted octanol–water partition coefficient (Wildman–Crippen LogP) is 5.78. The molecule has 0 bridgehead atoms. The van der Waals surface area contributed by atoms with Crippen molar-refractivity contribution in [2.75, 3.05) is 26.2 Å². The van der Waals surface area contributed by atoms with Crippen LogP contribution in [-0.2, 0) is 7.05 Å². The highest BCUT2D eigenvalue weighted by molar-refractivity contribution is 6.30. The van der Waals surface area contributed by atoms with E-state index in [1.807, 2.05) is 53.9 Å². The van der Waals surface area contributed by atoms with Crippen LogP contribution in [0, 0.1) is 6.92 Å². The average molecular weight is 477 g/mol. The van der Waals surface area contributed by atoms with E-state index in [1.54, 1.807) is 0 Å². The first kappa shape index (κ1) is 24.2. The van der Waals surface area contributed by atoms with Crippen LogP contribution in [0.15, 0.2) is 48.5 Å². The number of aryl methyl sites for hydroxylation is 1. The number of carbonyl (C=O) groups excluding carboxylic acids is 1. The number of rotatable bonds is 7. The van der Waals surface area contributed by atoms with E-state index in [2.05, 4.69) is 54.2 Å². The van der Waals surface area contributed by atoms with Gasteiger partial charge in [-0.3, -0.25) is 14.4 Å². The molecule has 0 radical (unpaired) electrons. The molecule has 1 aromatic heterocycles. The van der Waals surface area contributed by atoms with Gasteiger partial charge in [0.05, 0.1) is 5.69 Å². The number of nitrogens with zero attached hydrogens (tertiary/aromatic N) is 4. The molecule has 1 aliphatic rings. The number of amides is 1. The number of aromatic nitrogens is 2. The van der Waals surface area contributed by atoms with E-state index in [9.17, 15) is 4.79 Å². The van der Waals surface area contributed by atoms with Gasteiger partial charge in [-0.2, -0.15) is 5.10 Å². The van der Waals surface area contributed by atoms with Crippen LogP contribution in [0.5, 0.6) is 0 Å². The third-order valence-electron chi connectivity index (χ3n) is 6.76. The van der Waals surface area contributed by atoms with Gasteiger partial charge in [-0.05, 0) is 55.8 Å². The van der Waals surface area contributed by atoms with Gasteiger partial charge in [-0.15, -0.1) is 0 Å². The van der Waals surface area contributed by atoms with Crippen molar-refractivity contribution < 1.29 is 4.79 Å². The van der Waals surface area contributed by atoms with E-state index in [0.717, 1.165) is 65.6 Å². The van der Waals surface area contributed by atoms with Gasteiger partial charge in [0.1, 0.15) is 0 Å². The maximum atomic E-state index is 13.4. The molecule has 0 saturated carbocycles. The number of halogens is 1. The van der Waals surface area contributed by atoms with E-state index in [0.29, 0.717) is 11.7 Å². The lowest BCUT2D eigenvalue weighted by atomic mass is 10.0. The van der Waals surface area contributed by atoms with Crippen molar-refractivity contribution in [3.05, 3.63) is 75.9 Å². The van der Waals surface area contributed by atoms with Crippen LogP contribution >= 0.6 is 11.6 Å². The summed E-state index contributed by atoms with van der Waals surface area (Å²) in [7, 11) is 1.91. The first-order chi connectivity index (χ1) is 16.4. The Morgan fingerprint density at radius 2 is 1.82 bits per heavy atom.